The first-order valence-corrected chi connectivity index (χ1v) is 8.42. The average molecular weight is 344 g/mol. The van der Waals surface area contributed by atoms with E-state index in [1.165, 1.54) is 0 Å². The Kier molecular flexibility index (Phi) is 5.62. The number of nitrogens with one attached hydrogen (secondary N) is 2. The smallest absolute Gasteiger partial charge is 0.251 e. The van der Waals surface area contributed by atoms with Crippen LogP contribution >= 0.6 is 0 Å². The third-order valence-electron chi connectivity index (χ3n) is 4.09. The van der Waals surface area contributed by atoms with Crippen molar-refractivity contribution in [3.8, 4) is 11.4 Å². The predicted molar refractivity (Wildman–Crippen MR) is 95.7 cm³/mol. The van der Waals surface area contributed by atoms with Crippen LogP contribution in [0.4, 0.5) is 5.95 Å². The largest absolute Gasteiger partial charge is 0.379 e. The Bertz CT molecular complexity index is 709. The molecule has 1 aliphatic rings. The maximum absolute atomic E-state index is 12.4. The van der Waals surface area contributed by atoms with E-state index < -0.39 is 0 Å². The van der Waals surface area contributed by atoms with Crippen molar-refractivity contribution in [2.45, 2.75) is 0 Å². The lowest BCUT2D eigenvalue weighted by atomic mass is 10.1. The van der Waals surface area contributed by atoms with Crippen LogP contribution < -0.4 is 10.2 Å². The number of carbonyl (C=O) groups excluding carboxylic acids is 1. The van der Waals surface area contributed by atoms with Crippen LogP contribution in [0, 0.1) is 0 Å². The van der Waals surface area contributed by atoms with Gasteiger partial charge in [-0.1, -0.05) is 12.1 Å². The molecule has 1 saturated heterocycles. The number of morpholine rings is 1. The van der Waals surface area contributed by atoms with E-state index in [9.17, 15) is 4.79 Å². The van der Waals surface area contributed by atoms with Crippen LogP contribution in [-0.2, 0) is 4.74 Å². The number of hydrogen-bond donors (Lipinski definition) is 2. The molecule has 1 aromatic carbocycles. The van der Waals surface area contributed by atoms with Gasteiger partial charge >= 0.3 is 0 Å². The highest BCUT2D eigenvalue weighted by atomic mass is 16.5. The second-order valence-corrected chi connectivity index (χ2v) is 6.17. The Morgan fingerprint density at radius 3 is 2.88 bits per heavy atom. The summed E-state index contributed by atoms with van der Waals surface area (Å²) in [6.45, 7) is 4.83. The van der Waals surface area contributed by atoms with Crippen molar-refractivity contribution in [3.63, 3.8) is 0 Å². The summed E-state index contributed by atoms with van der Waals surface area (Å²) < 4.78 is 5.32. The second-order valence-electron chi connectivity index (χ2n) is 6.17. The minimum absolute atomic E-state index is 0.0811. The molecule has 2 N–H and O–H groups in total. The lowest BCUT2D eigenvalue weighted by Gasteiger charge is -2.26. The number of anilines is 1. The number of ether oxygens (including phenoxy) is 1. The number of aromatic nitrogens is 3. The van der Waals surface area contributed by atoms with E-state index in [2.05, 4.69) is 25.4 Å². The molecule has 0 spiro atoms. The van der Waals surface area contributed by atoms with Gasteiger partial charge < -0.3 is 15.0 Å². The molecule has 0 radical (unpaired) electrons. The Morgan fingerprint density at radius 1 is 1.36 bits per heavy atom. The van der Waals surface area contributed by atoms with Gasteiger partial charge in [0.1, 0.15) is 0 Å². The Morgan fingerprint density at radius 2 is 2.16 bits per heavy atom. The number of aromatic amines is 1. The highest BCUT2D eigenvalue weighted by Gasteiger charge is 2.12. The zero-order valence-corrected chi connectivity index (χ0v) is 14.7. The SMILES string of the molecule is CN(C)c1n[nH]c(-c2cccc(C(=O)NCCN3CCOCC3)c2)n1. The molecular weight excluding hydrogens is 320 g/mol. The summed E-state index contributed by atoms with van der Waals surface area (Å²) in [7, 11) is 3.76. The minimum atomic E-state index is -0.0811. The molecule has 8 heteroatoms. The molecule has 25 heavy (non-hydrogen) atoms. The van der Waals surface area contributed by atoms with E-state index in [1.807, 2.05) is 37.2 Å². The number of benzene rings is 1. The number of H-pyrrole nitrogens is 1. The molecule has 0 aliphatic carbocycles. The van der Waals surface area contributed by atoms with Gasteiger partial charge in [-0.25, -0.2) is 0 Å². The summed E-state index contributed by atoms with van der Waals surface area (Å²) in [6.07, 6.45) is 0. The molecule has 2 aromatic rings. The van der Waals surface area contributed by atoms with Gasteiger partial charge in [0, 0.05) is 51.4 Å². The van der Waals surface area contributed by atoms with Crippen LogP contribution in [0.3, 0.4) is 0 Å². The summed E-state index contributed by atoms with van der Waals surface area (Å²) in [6, 6.07) is 7.38. The molecule has 0 saturated carbocycles. The van der Waals surface area contributed by atoms with Crippen molar-refractivity contribution >= 4 is 11.9 Å². The van der Waals surface area contributed by atoms with Crippen LogP contribution in [0.5, 0.6) is 0 Å². The third kappa shape index (κ3) is 4.55. The normalized spacial score (nSPS) is 15.1. The Labute approximate surface area is 147 Å². The van der Waals surface area contributed by atoms with E-state index in [-0.39, 0.29) is 5.91 Å². The number of nitrogens with zero attached hydrogens (tertiary/aromatic N) is 4. The maximum Gasteiger partial charge on any atom is 0.251 e. The summed E-state index contributed by atoms with van der Waals surface area (Å²) >= 11 is 0. The minimum Gasteiger partial charge on any atom is -0.379 e. The monoisotopic (exact) mass is 344 g/mol. The molecule has 1 fully saturated rings. The van der Waals surface area contributed by atoms with Gasteiger partial charge in [-0.2, -0.15) is 4.98 Å². The first-order valence-electron chi connectivity index (χ1n) is 8.42. The molecule has 3 rings (SSSR count). The molecule has 1 amide bonds. The van der Waals surface area contributed by atoms with E-state index in [4.69, 9.17) is 4.74 Å². The van der Waals surface area contributed by atoms with Crippen molar-refractivity contribution in [1.29, 1.82) is 0 Å². The summed E-state index contributed by atoms with van der Waals surface area (Å²) in [5.41, 5.74) is 1.45. The second kappa shape index (κ2) is 8.09. The molecule has 8 nitrogen and oxygen atoms in total. The first-order chi connectivity index (χ1) is 12.1. The molecular formula is C17H24N6O2. The zero-order valence-electron chi connectivity index (χ0n) is 14.7. The quantitative estimate of drug-likeness (QED) is 0.798. The van der Waals surface area contributed by atoms with Crippen LogP contribution in [0.2, 0.25) is 0 Å². The molecule has 0 atom stereocenters. The van der Waals surface area contributed by atoms with E-state index in [0.717, 1.165) is 38.4 Å². The summed E-state index contributed by atoms with van der Waals surface area (Å²) in [4.78, 5) is 20.9. The van der Waals surface area contributed by atoms with Gasteiger partial charge in [0.25, 0.3) is 5.91 Å². The molecule has 134 valence electrons. The topological polar surface area (TPSA) is 86.4 Å². The van der Waals surface area contributed by atoms with Gasteiger partial charge in [-0.3, -0.25) is 14.8 Å². The number of carbonyl (C=O) groups is 1. The van der Waals surface area contributed by atoms with Gasteiger partial charge in [-0.15, -0.1) is 5.10 Å². The predicted octanol–water partition coefficient (Wildman–Crippen LogP) is 0.600. The number of hydrogen-bond acceptors (Lipinski definition) is 6. The average Bonchev–Trinajstić information content (AvgIpc) is 3.13. The van der Waals surface area contributed by atoms with Crippen molar-refractivity contribution in [2.24, 2.45) is 0 Å². The lowest BCUT2D eigenvalue weighted by molar-refractivity contribution is 0.0383. The highest BCUT2D eigenvalue weighted by Crippen LogP contribution is 2.18. The van der Waals surface area contributed by atoms with Crippen LogP contribution in [0.1, 0.15) is 10.4 Å². The van der Waals surface area contributed by atoms with Gasteiger partial charge in [0.05, 0.1) is 13.2 Å². The van der Waals surface area contributed by atoms with Gasteiger partial charge in [0.2, 0.25) is 5.95 Å². The molecule has 0 bridgehead atoms. The van der Waals surface area contributed by atoms with Crippen LogP contribution in [0.25, 0.3) is 11.4 Å². The van der Waals surface area contributed by atoms with Gasteiger partial charge in [-0.05, 0) is 12.1 Å². The number of rotatable bonds is 6. The molecule has 2 heterocycles. The Hall–Kier alpha value is -2.45. The van der Waals surface area contributed by atoms with Crippen molar-refractivity contribution in [2.75, 3.05) is 58.4 Å². The first kappa shape index (κ1) is 17.4. The van der Waals surface area contributed by atoms with Crippen molar-refractivity contribution in [3.05, 3.63) is 29.8 Å². The van der Waals surface area contributed by atoms with E-state index in [1.54, 1.807) is 6.07 Å². The fourth-order valence-corrected chi connectivity index (χ4v) is 2.64. The van der Waals surface area contributed by atoms with Crippen molar-refractivity contribution in [1.82, 2.24) is 25.4 Å². The maximum atomic E-state index is 12.4. The summed E-state index contributed by atoms with van der Waals surface area (Å²) in [5, 5.41) is 10.0. The Balaban J connectivity index is 1.59. The lowest BCUT2D eigenvalue weighted by Crippen LogP contribution is -2.41. The molecule has 1 aliphatic heterocycles. The molecule has 0 unspecified atom stereocenters. The van der Waals surface area contributed by atoms with Crippen molar-refractivity contribution < 1.29 is 9.53 Å². The fraction of sp³-hybridized carbons (Fsp3) is 0.471. The fourth-order valence-electron chi connectivity index (χ4n) is 2.64. The molecule has 1 aromatic heterocycles. The third-order valence-corrected chi connectivity index (χ3v) is 4.09. The van der Waals surface area contributed by atoms with E-state index in [0.29, 0.717) is 23.9 Å². The van der Waals surface area contributed by atoms with Gasteiger partial charge in [0.15, 0.2) is 5.82 Å². The standard InChI is InChI=1S/C17H24N6O2/c1-22(2)17-19-15(20-21-17)13-4-3-5-14(12-13)16(24)18-6-7-23-8-10-25-11-9-23/h3-5,12H,6-11H2,1-2H3,(H,18,24)(H,19,20,21). The number of amides is 1. The highest BCUT2D eigenvalue weighted by molar-refractivity contribution is 5.95. The summed E-state index contributed by atoms with van der Waals surface area (Å²) in [5.74, 6) is 1.17. The van der Waals surface area contributed by atoms with Crippen LogP contribution in [0.15, 0.2) is 24.3 Å². The van der Waals surface area contributed by atoms with E-state index >= 15 is 0 Å². The zero-order chi connectivity index (χ0) is 17.6. The van der Waals surface area contributed by atoms with Crippen LogP contribution in [-0.4, -0.2) is 79.5 Å².